The molecule has 0 aliphatic carbocycles. The predicted octanol–water partition coefficient (Wildman–Crippen LogP) is 3.11. The Labute approximate surface area is 373 Å². The van der Waals surface area contributed by atoms with Crippen LogP contribution in [0.25, 0.3) is 0 Å². The van der Waals surface area contributed by atoms with E-state index in [0.717, 1.165) is 0 Å². The second kappa shape index (κ2) is 21.1. The fraction of sp³-hybridized carbons (Fsp3) is 0.783. The second-order valence-electron chi connectivity index (χ2n) is 19.1. The zero-order chi connectivity index (χ0) is 46.5. The lowest BCUT2D eigenvalue weighted by atomic mass is 9.75. The van der Waals surface area contributed by atoms with Crippen molar-refractivity contribution in [3.63, 3.8) is 0 Å². The summed E-state index contributed by atoms with van der Waals surface area (Å²) in [4.78, 5) is 16.0. The summed E-state index contributed by atoms with van der Waals surface area (Å²) in [5, 5.41) is 59.3. The highest BCUT2D eigenvalue weighted by atomic mass is 16.7. The van der Waals surface area contributed by atoms with E-state index in [1.807, 2.05) is 58.2 Å². The molecule has 0 unspecified atom stereocenters. The van der Waals surface area contributed by atoms with Gasteiger partial charge in [-0.3, -0.25) is 4.79 Å². The summed E-state index contributed by atoms with van der Waals surface area (Å²) in [6, 6.07) is 10.4. The maximum atomic E-state index is 14.5. The van der Waals surface area contributed by atoms with Gasteiger partial charge in [-0.15, -0.1) is 0 Å². The van der Waals surface area contributed by atoms with Gasteiger partial charge in [0.2, 0.25) is 0 Å². The van der Waals surface area contributed by atoms with E-state index >= 15 is 0 Å². The van der Waals surface area contributed by atoms with Crippen molar-refractivity contribution in [1.82, 2.24) is 20.5 Å². The number of aliphatic hydroxyl groups is 4. The van der Waals surface area contributed by atoms with E-state index in [0.29, 0.717) is 18.7 Å². The molecule has 3 fully saturated rings. The molecule has 1 aromatic heterocycles. The van der Waals surface area contributed by atoms with Crippen molar-refractivity contribution in [2.45, 2.75) is 185 Å². The van der Waals surface area contributed by atoms with Gasteiger partial charge >= 0.3 is 5.97 Å². The molecule has 0 saturated carbocycles. The Morgan fingerprint density at radius 2 is 1.67 bits per heavy atom. The molecule has 0 bridgehead atoms. The fourth-order valence-electron chi connectivity index (χ4n) is 9.89. The number of esters is 1. The highest BCUT2D eigenvalue weighted by molar-refractivity contribution is 5.73. The van der Waals surface area contributed by atoms with Crippen molar-refractivity contribution in [2.75, 3.05) is 32.7 Å². The van der Waals surface area contributed by atoms with Crippen LogP contribution < -0.4 is 20.8 Å². The molecule has 1 aromatic carbocycles. The number of aromatic nitrogens is 2. The number of benzene rings is 1. The van der Waals surface area contributed by atoms with Crippen molar-refractivity contribution in [3.8, 4) is 5.75 Å². The Morgan fingerprint density at radius 3 is 2.29 bits per heavy atom. The number of ether oxygens (including phenoxy) is 7. The second-order valence-corrected chi connectivity index (χ2v) is 19.1. The van der Waals surface area contributed by atoms with Gasteiger partial charge in [-0.25, -0.2) is 0 Å². The summed E-state index contributed by atoms with van der Waals surface area (Å²) >= 11 is 0. The van der Waals surface area contributed by atoms with Crippen LogP contribution in [0.2, 0.25) is 0 Å². The summed E-state index contributed by atoms with van der Waals surface area (Å²) in [5.74, 6) is -2.08. The largest absolute Gasteiger partial charge is 0.483 e. The minimum Gasteiger partial charge on any atom is -0.483 e. The van der Waals surface area contributed by atoms with Gasteiger partial charge in [-0.2, -0.15) is 9.89 Å². The summed E-state index contributed by atoms with van der Waals surface area (Å²) in [7, 11) is 3.38. The Balaban J connectivity index is 1.58. The monoisotopic (exact) mass is 892 g/mol. The molecule has 3 saturated heterocycles. The van der Waals surface area contributed by atoms with Gasteiger partial charge < -0.3 is 69.6 Å². The molecule has 3 aliphatic rings. The molecule has 17 heteroatoms. The van der Waals surface area contributed by atoms with E-state index in [1.54, 1.807) is 60.0 Å². The molecule has 2 aromatic rings. The number of carbonyl (C=O) groups excluding carboxylic acids is 1. The number of hydrogen-bond donors (Lipinski definition) is 7. The van der Waals surface area contributed by atoms with Gasteiger partial charge in [-0.05, 0) is 105 Å². The zero-order valence-corrected chi connectivity index (χ0v) is 39.4. The lowest BCUT2D eigenvalue weighted by Crippen LogP contribution is -2.69. The first-order valence-electron chi connectivity index (χ1n) is 22.7. The van der Waals surface area contributed by atoms with Gasteiger partial charge in [-0.1, -0.05) is 39.0 Å². The Morgan fingerprint density at radius 1 is 0.968 bits per heavy atom. The van der Waals surface area contributed by atoms with Gasteiger partial charge in [0.25, 0.3) is 0 Å². The predicted molar refractivity (Wildman–Crippen MR) is 235 cm³/mol. The lowest BCUT2D eigenvalue weighted by molar-refractivity contribution is -0.334. The van der Waals surface area contributed by atoms with Crippen LogP contribution in [-0.2, 0) is 33.2 Å². The fourth-order valence-corrected chi connectivity index (χ4v) is 9.89. The average molecular weight is 892 g/mol. The zero-order valence-electron chi connectivity index (χ0n) is 39.4. The first kappa shape index (κ1) is 51.1. The van der Waals surface area contributed by atoms with E-state index in [1.165, 1.54) is 18.8 Å². The summed E-state index contributed by atoms with van der Waals surface area (Å²) in [6.45, 7) is 18.1. The number of nitrogens with zero attached hydrogens (tertiary/aromatic N) is 2. The first-order chi connectivity index (χ1) is 29.6. The molecule has 18 atom stereocenters. The normalized spacial score (nSPS) is 43.6. The minimum atomic E-state index is -1.83. The molecular weight excluding hydrogens is 815 g/mol. The number of aliphatic hydroxyl groups excluding tert-OH is 1. The number of likely N-dealkylation sites (N-methyl/N-ethyl adjacent to an activating group) is 1. The summed E-state index contributed by atoms with van der Waals surface area (Å²) < 4.78 is 45.9. The Bertz CT molecular complexity index is 1710. The van der Waals surface area contributed by atoms with Crippen molar-refractivity contribution >= 4 is 5.97 Å². The number of rotatable bonds is 12. The Hall–Kier alpha value is -2.94. The highest BCUT2D eigenvalue weighted by Crippen LogP contribution is 2.43. The van der Waals surface area contributed by atoms with Gasteiger partial charge in [0, 0.05) is 31.7 Å². The first-order valence-corrected chi connectivity index (χ1v) is 22.7. The maximum Gasteiger partial charge on any atom is 0.311 e. The maximum absolute atomic E-state index is 14.5. The number of carbonyl (C=O) groups is 1. The van der Waals surface area contributed by atoms with Crippen LogP contribution in [0.15, 0.2) is 48.8 Å². The van der Waals surface area contributed by atoms with E-state index in [9.17, 15) is 25.2 Å². The number of para-hydroxylation sites is 1. The van der Waals surface area contributed by atoms with Crippen LogP contribution in [0.5, 0.6) is 5.75 Å². The van der Waals surface area contributed by atoms with Gasteiger partial charge in [0.15, 0.2) is 18.7 Å². The average Bonchev–Trinajstić information content (AvgIpc) is 3.77. The summed E-state index contributed by atoms with van der Waals surface area (Å²) in [5.41, 5.74) is -3.11. The van der Waals surface area contributed by atoms with Crippen molar-refractivity contribution < 1.29 is 58.4 Å². The molecule has 0 amide bonds. The lowest BCUT2D eigenvalue weighted by Gasteiger charge is -2.53. The third-order valence-electron chi connectivity index (χ3n) is 13.9. The molecule has 4 heterocycles. The van der Waals surface area contributed by atoms with Crippen LogP contribution in [0.4, 0.5) is 0 Å². The number of cyclic esters (lactones) is 1. The Kier molecular flexibility index (Phi) is 17.1. The number of nitrogens with one attached hydrogen (secondary N) is 3. The third-order valence-corrected chi connectivity index (χ3v) is 13.9. The van der Waals surface area contributed by atoms with Gasteiger partial charge in [0.05, 0.1) is 54.7 Å². The van der Waals surface area contributed by atoms with Crippen molar-refractivity contribution in [3.05, 3.63) is 48.8 Å². The number of methoxy groups -OCH3 is 1. The van der Waals surface area contributed by atoms with E-state index < -0.39 is 95.5 Å². The molecule has 3 aliphatic heterocycles. The van der Waals surface area contributed by atoms with E-state index in [4.69, 9.17) is 33.2 Å². The molecule has 0 spiro atoms. The summed E-state index contributed by atoms with van der Waals surface area (Å²) in [6.07, 6.45) is -3.88. The van der Waals surface area contributed by atoms with Crippen LogP contribution in [0.3, 0.4) is 0 Å². The molecular formula is C46H77N5O12. The molecule has 17 nitrogen and oxygen atoms in total. The highest BCUT2D eigenvalue weighted by Gasteiger charge is 2.59. The molecule has 5 rings (SSSR count). The van der Waals surface area contributed by atoms with Crippen LogP contribution >= 0.6 is 0 Å². The van der Waals surface area contributed by atoms with E-state index in [2.05, 4.69) is 21.2 Å². The van der Waals surface area contributed by atoms with Crippen LogP contribution in [-0.4, -0.2) is 153 Å². The quantitative estimate of drug-likeness (QED) is 0.153. The smallest absolute Gasteiger partial charge is 0.311 e. The standard InChI is InChI=1S/C46H77N5O12/c1-13-35-45(10,55)39(52)31(6)48-25-27(2)23-43(8,54)40(63-42-38(34(47-11)22-28(3)58-42)60-33-18-15-14-16-19-33)29(4)37(30(5)41(53)61-35)62-36-24-44(9,57-12)46(56,32(7)59-36)26-50-51-21-17-20-49-51/h14-21,27-32,34-40,42,47-48,50,52,54-56H,13,22-26H2,1-12H3/t27-,28-,29+,30-,31-,32+,34+,35-,36+,37+,38-,39-,40-,42+,43-,44-,45-,46+/m1/s1. The molecule has 63 heavy (non-hydrogen) atoms. The number of hydrogen-bond acceptors (Lipinski definition) is 16. The van der Waals surface area contributed by atoms with Crippen LogP contribution in [0.1, 0.15) is 94.9 Å². The molecule has 358 valence electrons. The third kappa shape index (κ3) is 11.5. The van der Waals surface area contributed by atoms with Gasteiger partial charge in [0.1, 0.15) is 34.8 Å². The molecule has 0 radical (unpaired) electrons. The molecule has 7 N–H and O–H groups in total. The van der Waals surface area contributed by atoms with Crippen molar-refractivity contribution in [2.24, 2.45) is 17.8 Å². The van der Waals surface area contributed by atoms with Crippen LogP contribution in [0, 0.1) is 17.8 Å². The SMILES string of the molecule is CC[C@H]1OC(=O)[C@H](C)[C@@H](O[C@H]2C[C@@](C)(OC)[C@](O)(CNn3cccn3)[C@H](C)O2)[C@H](C)[C@@H](O[C@@H]2O[C@H](C)C[C@H](NC)[C@H]2Oc2ccccc2)[C@](C)(O)C[C@@H](C)CN[C@H](C)[C@@H](O)[C@]1(C)O. The van der Waals surface area contributed by atoms with Crippen molar-refractivity contribution in [1.29, 1.82) is 0 Å². The minimum absolute atomic E-state index is 0.0176. The topological polar surface area (TPSA) is 217 Å². The van der Waals surface area contributed by atoms with E-state index in [-0.39, 0.29) is 43.9 Å².